The van der Waals surface area contributed by atoms with Crippen molar-refractivity contribution in [1.82, 2.24) is 4.98 Å². The Hall–Kier alpha value is -2.90. The SMILES string of the molecule is NC(=O)Nc1[nH]c(-c2ccc(F)c(F)c2)cc1C(N)=O. The van der Waals surface area contributed by atoms with Gasteiger partial charge in [0.15, 0.2) is 11.6 Å². The third-order valence-corrected chi connectivity index (χ3v) is 2.56. The summed E-state index contributed by atoms with van der Waals surface area (Å²) in [5, 5.41) is 2.19. The van der Waals surface area contributed by atoms with Crippen LogP contribution in [-0.2, 0) is 0 Å². The van der Waals surface area contributed by atoms with Crippen molar-refractivity contribution in [3.63, 3.8) is 0 Å². The number of hydrogen-bond donors (Lipinski definition) is 4. The zero-order valence-electron chi connectivity index (χ0n) is 10.0. The molecule has 3 amide bonds. The first-order valence-corrected chi connectivity index (χ1v) is 5.43. The molecule has 0 aliphatic carbocycles. The smallest absolute Gasteiger partial charge is 0.317 e. The number of urea groups is 1. The average Bonchev–Trinajstić information content (AvgIpc) is 2.76. The highest BCUT2D eigenvalue weighted by Gasteiger charge is 2.16. The monoisotopic (exact) mass is 280 g/mol. The van der Waals surface area contributed by atoms with Crippen LogP contribution in [0.15, 0.2) is 24.3 Å². The Morgan fingerprint density at radius 1 is 1.10 bits per heavy atom. The predicted molar refractivity (Wildman–Crippen MR) is 67.9 cm³/mol. The first-order valence-electron chi connectivity index (χ1n) is 5.43. The first kappa shape index (κ1) is 13.5. The Labute approximate surface area is 111 Å². The van der Waals surface area contributed by atoms with E-state index in [0.717, 1.165) is 12.1 Å². The van der Waals surface area contributed by atoms with Gasteiger partial charge in [0.1, 0.15) is 5.82 Å². The summed E-state index contributed by atoms with van der Waals surface area (Å²) in [4.78, 5) is 24.7. The molecule has 8 heteroatoms. The Kier molecular flexibility index (Phi) is 3.38. The minimum Gasteiger partial charge on any atom is -0.365 e. The van der Waals surface area contributed by atoms with Crippen LogP contribution in [0.2, 0.25) is 0 Å². The number of carbonyl (C=O) groups excluding carboxylic acids is 2. The van der Waals surface area contributed by atoms with Gasteiger partial charge in [0.05, 0.1) is 5.56 Å². The summed E-state index contributed by atoms with van der Waals surface area (Å²) in [6.07, 6.45) is 0. The molecule has 0 spiro atoms. The average molecular weight is 280 g/mol. The molecule has 104 valence electrons. The van der Waals surface area contributed by atoms with E-state index in [4.69, 9.17) is 11.5 Å². The molecule has 1 aromatic heterocycles. The lowest BCUT2D eigenvalue weighted by Crippen LogP contribution is -2.22. The fourth-order valence-corrected chi connectivity index (χ4v) is 1.69. The highest BCUT2D eigenvalue weighted by molar-refractivity contribution is 6.02. The highest BCUT2D eigenvalue weighted by Crippen LogP contribution is 2.26. The van der Waals surface area contributed by atoms with E-state index in [1.165, 1.54) is 12.1 Å². The minimum absolute atomic E-state index is 0.00951. The van der Waals surface area contributed by atoms with Gasteiger partial charge in [-0.15, -0.1) is 0 Å². The fraction of sp³-hybridized carbons (Fsp3) is 0. The maximum Gasteiger partial charge on any atom is 0.317 e. The number of nitrogens with one attached hydrogen (secondary N) is 2. The third kappa shape index (κ3) is 2.58. The molecule has 1 aromatic carbocycles. The predicted octanol–water partition coefficient (Wildman–Crippen LogP) is 1.55. The van der Waals surface area contributed by atoms with Crippen molar-refractivity contribution in [2.24, 2.45) is 11.5 Å². The number of anilines is 1. The summed E-state index contributed by atoms with van der Waals surface area (Å²) < 4.78 is 26.0. The van der Waals surface area contributed by atoms with Crippen LogP contribution in [0.25, 0.3) is 11.3 Å². The summed E-state index contributed by atoms with van der Waals surface area (Å²) in [6, 6.07) is 3.60. The number of rotatable bonds is 3. The molecule has 1 heterocycles. The van der Waals surface area contributed by atoms with Crippen molar-refractivity contribution in [3.8, 4) is 11.3 Å². The molecule has 0 aliphatic heterocycles. The molecule has 6 nitrogen and oxygen atoms in total. The zero-order valence-corrected chi connectivity index (χ0v) is 10.0. The quantitative estimate of drug-likeness (QED) is 0.683. The van der Waals surface area contributed by atoms with E-state index in [9.17, 15) is 18.4 Å². The molecule has 0 fully saturated rings. The lowest BCUT2D eigenvalue weighted by Gasteiger charge is -2.01. The van der Waals surface area contributed by atoms with Crippen molar-refractivity contribution in [1.29, 1.82) is 0 Å². The van der Waals surface area contributed by atoms with Crippen LogP contribution < -0.4 is 16.8 Å². The van der Waals surface area contributed by atoms with Crippen molar-refractivity contribution < 1.29 is 18.4 Å². The number of amides is 3. The highest BCUT2D eigenvalue weighted by atomic mass is 19.2. The standard InChI is InChI=1S/C12H10F2N4O2/c13-7-2-1-5(3-8(7)14)9-4-6(10(15)19)11(17-9)18-12(16)20/h1-4,17H,(H2,15,19)(H3,16,18,20). The van der Waals surface area contributed by atoms with Gasteiger partial charge in [0.25, 0.3) is 5.91 Å². The number of primary amides is 2. The topological polar surface area (TPSA) is 114 Å². The molecule has 20 heavy (non-hydrogen) atoms. The van der Waals surface area contributed by atoms with Gasteiger partial charge < -0.3 is 16.5 Å². The van der Waals surface area contributed by atoms with E-state index in [1.807, 2.05) is 0 Å². The van der Waals surface area contributed by atoms with Gasteiger partial charge in [-0.3, -0.25) is 10.1 Å². The van der Waals surface area contributed by atoms with Gasteiger partial charge in [0, 0.05) is 11.3 Å². The van der Waals surface area contributed by atoms with E-state index in [1.54, 1.807) is 0 Å². The molecule has 2 aromatic rings. The number of halogens is 2. The van der Waals surface area contributed by atoms with E-state index in [-0.39, 0.29) is 22.6 Å². The van der Waals surface area contributed by atoms with Crippen molar-refractivity contribution in [2.45, 2.75) is 0 Å². The molecule has 0 radical (unpaired) electrons. The maximum atomic E-state index is 13.2. The fourth-order valence-electron chi connectivity index (χ4n) is 1.69. The van der Waals surface area contributed by atoms with Crippen LogP contribution in [0.4, 0.5) is 19.4 Å². The molecule has 0 unspecified atom stereocenters. The Morgan fingerprint density at radius 2 is 1.80 bits per heavy atom. The van der Waals surface area contributed by atoms with E-state index in [2.05, 4.69) is 10.3 Å². The van der Waals surface area contributed by atoms with Crippen LogP contribution >= 0.6 is 0 Å². The Bertz CT molecular complexity index is 697. The van der Waals surface area contributed by atoms with Gasteiger partial charge in [-0.1, -0.05) is 0 Å². The molecule has 6 N–H and O–H groups in total. The van der Waals surface area contributed by atoms with E-state index >= 15 is 0 Å². The van der Waals surface area contributed by atoms with E-state index < -0.39 is 23.6 Å². The molecule has 2 rings (SSSR count). The van der Waals surface area contributed by atoms with Crippen LogP contribution in [0.1, 0.15) is 10.4 Å². The summed E-state index contributed by atoms with van der Waals surface area (Å²) in [5.74, 6) is -2.85. The first-order chi connectivity index (χ1) is 9.38. The number of carbonyl (C=O) groups is 2. The van der Waals surface area contributed by atoms with Gasteiger partial charge >= 0.3 is 6.03 Å². The van der Waals surface area contributed by atoms with Crippen molar-refractivity contribution in [3.05, 3.63) is 41.5 Å². The second-order valence-corrected chi connectivity index (χ2v) is 3.95. The van der Waals surface area contributed by atoms with Gasteiger partial charge in [-0.05, 0) is 24.3 Å². The molecule has 0 bridgehead atoms. The Balaban J connectivity index is 2.49. The van der Waals surface area contributed by atoms with E-state index in [0.29, 0.717) is 0 Å². The molecule has 0 aliphatic rings. The van der Waals surface area contributed by atoms with Crippen LogP contribution in [-0.4, -0.2) is 16.9 Å². The van der Waals surface area contributed by atoms with Crippen molar-refractivity contribution >= 4 is 17.8 Å². The Morgan fingerprint density at radius 3 is 2.35 bits per heavy atom. The number of benzene rings is 1. The summed E-state index contributed by atoms with van der Waals surface area (Å²) >= 11 is 0. The minimum atomic E-state index is -1.04. The van der Waals surface area contributed by atoms with Crippen LogP contribution in [0.5, 0.6) is 0 Å². The summed E-state index contributed by atoms with van der Waals surface area (Å²) in [6.45, 7) is 0. The maximum absolute atomic E-state index is 13.2. The van der Waals surface area contributed by atoms with Gasteiger partial charge in [0.2, 0.25) is 0 Å². The number of hydrogen-bond acceptors (Lipinski definition) is 2. The lowest BCUT2D eigenvalue weighted by atomic mass is 10.1. The molecular formula is C12H10F2N4O2. The molecule has 0 atom stereocenters. The van der Waals surface area contributed by atoms with Gasteiger partial charge in [-0.25, -0.2) is 13.6 Å². The summed E-state index contributed by atoms with van der Waals surface area (Å²) in [5.41, 5.74) is 10.6. The second-order valence-electron chi connectivity index (χ2n) is 3.95. The van der Waals surface area contributed by atoms with Gasteiger partial charge in [-0.2, -0.15) is 0 Å². The number of aromatic amines is 1. The molecular weight excluding hydrogens is 270 g/mol. The van der Waals surface area contributed by atoms with Crippen LogP contribution in [0, 0.1) is 11.6 Å². The largest absolute Gasteiger partial charge is 0.365 e. The number of nitrogens with two attached hydrogens (primary N) is 2. The molecule has 0 saturated carbocycles. The lowest BCUT2D eigenvalue weighted by molar-refractivity contribution is 0.100. The van der Waals surface area contributed by atoms with Crippen LogP contribution in [0.3, 0.4) is 0 Å². The number of H-pyrrole nitrogens is 1. The third-order valence-electron chi connectivity index (χ3n) is 2.56. The zero-order chi connectivity index (χ0) is 14.9. The number of aromatic nitrogens is 1. The normalized spacial score (nSPS) is 10.3. The second kappa shape index (κ2) is 5.00. The van der Waals surface area contributed by atoms with Crippen molar-refractivity contribution in [2.75, 3.05) is 5.32 Å². The molecule has 0 saturated heterocycles. The summed E-state index contributed by atoms with van der Waals surface area (Å²) in [7, 11) is 0.